The number of hydrazone groups is 1. The van der Waals surface area contributed by atoms with Crippen LogP contribution in [0.1, 0.15) is 32.2 Å². The molecule has 33 heavy (non-hydrogen) atoms. The molecular weight excluding hydrogens is 430 g/mol. The zero-order valence-corrected chi connectivity index (χ0v) is 17.5. The number of furan rings is 2. The number of nitro benzene ring substituents is 1. The molecule has 0 aliphatic rings. The first-order valence-electron chi connectivity index (χ1n) is 9.67. The van der Waals surface area contributed by atoms with Crippen molar-refractivity contribution in [1.29, 1.82) is 0 Å². The van der Waals surface area contributed by atoms with Gasteiger partial charge in [-0.2, -0.15) is 5.10 Å². The van der Waals surface area contributed by atoms with E-state index in [0.29, 0.717) is 33.6 Å². The average molecular weight is 447 g/mol. The molecule has 4 rings (SSSR count). The Bertz CT molecular complexity index is 1410. The van der Waals surface area contributed by atoms with Gasteiger partial charge < -0.3 is 13.6 Å². The summed E-state index contributed by atoms with van der Waals surface area (Å²) in [5.74, 6) is -0.222. The molecule has 1 amide bonds. The van der Waals surface area contributed by atoms with E-state index in [1.807, 2.05) is 6.07 Å². The standard InChI is InChI=1S/C23H17N3O7/c1-13-17(4-3-5-18(13)23(28)31-2)20-9-7-16(32-20)12-24-25-22(27)21-11-14-10-15(26(29)30)6-8-19(14)33-21/h3-12H,1-2H3,(H,25,27)/b24-12+. The number of nitrogens with zero attached hydrogens (tertiary/aromatic N) is 2. The molecule has 2 aromatic heterocycles. The number of ether oxygens (including phenoxy) is 1. The maximum absolute atomic E-state index is 12.3. The number of non-ortho nitro benzene ring substituents is 1. The van der Waals surface area contributed by atoms with Crippen molar-refractivity contribution < 1.29 is 28.1 Å². The number of hydrogen-bond acceptors (Lipinski definition) is 8. The molecule has 0 aliphatic carbocycles. The molecule has 0 aliphatic heterocycles. The second-order valence-electron chi connectivity index (χ2n) is 6.96. The molecular formula is C23H17N3O7. The van der Waals surface area contributed by atoms with Crippen LogP contribution in [0.2, 0.25) is 0 Å². The maximum atomic E-state index is 12.3. The molecule has 0 saturated heterocycles. The highest BCUT2D eigenvalue weighted by molar-refractivity contribution is 5.97. The fourth-order valence-corrected chi connectivity index (χ4v) is 3.27. The third kappa shape index (κ3) is 4.35. The summed E-state index contributed by atoms with van der Waals surface area (Å²) >= 11 is 0. The first-order chi connectivity index (χ1) is 15.9. The van der Waals surface area contributed by atoms with Crippen molar-refractivity contribution in [3.63, 3.8) is 0 Å². The molecule has 0 atom stereocenters. The number of nitrogens with one attached hydrogen (secondary N) is 1. The van der Waals surface area contributed by atoms with E-state index in [4.69, 9.17) is 13.6 Å². The summed E-state index contributed by atoms with van der Waals surface area (Å²) in [6.45, 7) is 1.79. The number of methoxy groups -OCH3 is 1. The van der Waals surface area contributed by atoms with Gasteiger partial charge in [-0.3, -0.25) is 14.9 Å². The van der Waals surface area contributed by atoms with Crippen LogP contribution in [-0.2, 0) is 4.74 Å². The lowest BCUT2D eigenvalue weighted by molar-refractivity contribution is -0.384. The van der Waals surface area contributed by atoms with Gasteiger partial charge in [-0.15, -0.1) is 0 Å². The molecule has 2 aromatic carbocycles. The van der Waals surface area contributed by atoms with Crippen LogP contribution in [0, 0.1) is 17.0 Å². The van der Waals surface area contributed by atoms with E-state index in [-0.39, 0.29) is 11.4 Å². The summed E-state index contributed by atoms with van der Waals surface area (Å²) in [7, 11) is 1.32. The zero-order valence-electron chi connectivity index (χ0n) is 17.5. The Hall–Kier alpha value is -4.73. The van der Waals surface area contributed by atoms with Crippen LogP contribution >= 0.6 is 0 Å². The van der Waals surface area contributed by atoms with Crippen LogP contribution in [0.15, 0.2) is 68.5 Å². The predicted molar refractivity (Wildman–Crippen MR) is 118 cm³/mol. The largest absolute Gasteiger partial charge is 0.465 e. The lowest BCUT2D eigenvalue weighted by Gasteiger charge is -2.07. The molecule has 2 heterocycles. The highest BCUT2D eigenvalue weighted by Crippen LogP contribution is 2.28. The van der Waals surface area contributed by atoms with Gasteiger partial charge in [0.05, 0.1) is 23.8 Å². The highest BCUT2D eigenvalue weighted by atomic mass is 16.6. The normalized spacial score (nSPS) is 11.1. The van der Waals surface area contributed by atoms with Crippen LogP contribution in [-0.4, -0.2) is 30.1 Å². The number of hydrogen-bond donors (Lipinski definition) is 1. The summed E-state index contributed by atoms with van der Waals surface area (Å²) in [5, 5.41) is 15.2. The number of carbonyl (C=O) groups excluding carboxylic acids is 2. The van der Waals surface area contributed by atoms with Crippen LogP contribution in [0.5, 0.6) is 0 Å². The van der Waals surface area contributed by atoms with Crippen molar-refractivity contribution >= 4 is 34.7 Å². The van der Waals surface area contributed by atoms with Crippen molar-refractivity contribution in [3.8, 4) is 11.3 Å². The van der Waals surface area contributed by atoms with E-state index in [9.17, 15) is 19.7 Å². The molecule has 0 saturated carbocycles. The summed E-state index contributed by atoms with van der Waals surface area (Å²) in [4.78, 5) is 34.5. The number of rotatable bonds is 6. The summed E-state index contributed by atoms with van der Waals surface area (Å²) in [6, 6.07) is 14.0. The summed E-state index contributed by atoms with van der Waals surface area (Å²) in [5.41, 5.74) is 4.42. The van der Waals surface area contributed by atoms with Crippen molar-refractivity contribution in [2.24, 2.45) is 5.10 Å². The van der Waals surface area contributed by atoms with Crippen LogP contribution in [0.3, 0.4) is 0 Å². The number of fused-ring (bicyclic) bond motifs is 1. The molecule has 166 valence electrons. The van der Waals surface area contributed by atoms with Crippen LogP contribution in [0.4, 0.5) is 5.69 Å². The third-order valence-electron chi connectivity index (χ3n) is 4.92. The van der Waals surface area contributed by atoms with Gasteiger partial charge in [0.15, 0.2) is 5.76 Å². The zero-order chi connectivity index (χ0) is 23.5. The molecule has 1 N–H and O–H groups in total. The Morgan fingerprint density at radius 3 is 2.70 bits per heavy atom. The second-order valence-corrected chi connectivity index (χ2v) is 6.96. The Kier molecular flexibility index (Phi) is 5.73. The lowest BCUT2D eigenvalue weighted by Crippen LogP contribution is -2.16. The number of benzene rings is 2. The van der Waals surface area contributed by atoms with E-state index in [1.165, 1.54) is 37.6 Å². The molecule has 0 spiro atoms. The van der Waals surface area contributed by atoms with E-state index in [0.717, 1.165) is 5.56 Å². The third-order valence-corrected chi connectivity index (χ3v) is 4.92. The van der Waals surface area contributed by atoms with Crippen LogP contribution < -0.4 is 5.43 Å². The first kappa shape index (κ1) is 21.5. The number of carbonyl (C=O) groups is 2. The van der Waals surface area contributed by atoms with Gasteiger partial charge >= 0.3 is 11.9 Å². The molecule has 10 nitrogen and oxygen atoms in total. The van der Waals surface area contributed by atoms with Crippen molar-refractivity contribution in [3.05, 3.63) is 87.4 Å². The van der Waals surface area contributed by atoms with Gasteiger partial charge in [-0.1, -0.05) is 12.1 Å². The summed E-state index contributed by atoms with van der Waals surface area (Å²) in [6.07, 6.45) is 1.31. The van der Waals surface area contributed by atoms with Crippen molar-refractivity contribution in [2.75, 3.05) is 7.11 Å². The van der Waals surface area contributed by atoms with Gasteiger partial charge in [-0.25, -0.2) is 10.2 Å². The Morgan fingerprint density at radius 1 is 1.12 bits per heavy atom. The first-order valence-corrected chi connectivity index (χ1v) is 9.67. The Labute approximate surface area is 186 Å². The van der Waals surface area contributed by atoms with E-state index < -0.39 is 16.8 Å². The maximum Gasteiger partial charge on any atom is 0.338 e. The molecule has 0 unspecified atom stereocenters. The molecule has 0 fully saturated rings. The van der Waals surface area contributed by atoms with Gasteiger partial charge in [-0.05, 0) is 42.8 Å². The predicted octanol–water partition coefficient (Wildman–Crippen LogP) is 4.46. The molecule has 0 bridgehead atoms. The molecule has 0 radical (unpaired) electrons. The molecule has 4 aromatic rings. The second kappa shape index (κ2) is 8.79. The summed E-state index contributed by atoms with van der Waals surface area (Å²) < 4.78 is 16.0. The van der Waals surface area contributed by atoms with Gasteiger partial charge in [0.25, 0.3) is 5.69 Å². The highest BCUT2D eigenvalue weighted by Gasteiger charge is 2.16. The topological polar surface area (TPSA) is 137 Å². The minimum atomic E-state index is -0.626. The van der Waals surface area contributed by atoms with Crippen LogP contribution in [0.25, 0.3) is 22.3 Å². The monoisotopic (exact) mass is 447 g/mol. The fraction of sp³-hybridized carbons (Fsp3) is 0.0870. The number of amides is 1. The van der Waals surface area contributed by atoms with Gasteiger partial charge in [0.2, 0.25) is 0 Å². The van der Waals surface area contributed by atoms with E-state index >= 15 is 0 Å². The van der Waals surface area contributed by atoms with E-state index in [2.05, 4.69) is 10.5 Å². The van der Waals surface area contributed by atoms with Gasteiger partial charge in [0.1, 0.15) is 17.1 Å². The number of esters is 1. The minimum absolute atomic E-state index is 0.0435. The van der Waals surface area contributed by atoms with Crippen molar-refractivity contribution in [2.45, 2.75) is 6.92 Å². The quantitative estimate of drug-likeness (QED) is 0.199. The minimum Gasteiger partial charge on any atom is -0.465 e. The lowest BCUT2D eigenvalue weighted by atomic mass is 10.0. The Balaban J connectivity index is 1.47. The number of nitro groups is 1. The molecule has 10 heteroatoms. The SMILES string of the molecule is COC(=O)c1cccc(-c2ccc(/C=N/NC(=O)c3cc4cc([N+](=O)[O-])ccc4o3)o2)c1C. The van der Waals surface area contributed by atoms with Crippen molar-refractivity contribution in [1.82, 2.24) is 5.43 Å². The van der Waals surface area contributed by atoms with E-state index in [1.54, 1.807) is 31.2 Å². The van der Waals surface area contributed by atoms with Gasteiger partial charge in [0, 0.05) is 23.1 Å². The Morgan fingerprint density at radius 2 is 1.94 bits per heavy atom. The smallest absolute Gasteiger partial charge is 0.338 e. The average Bonchev–Trinajstić information content (AvgIpc) is 3.45. The fourth-order valence-electron chi connectivity index (χ4n) is 3.27.